The van der Waals surface area contributed by atoms with E-state index in [9.17, 15) is 4.79 Å². The van der Waals surface area contributed by atoms with Gasteiger partial charge < -0.3 is 15.0 Å². The van der Waals surface area contributed by atoms with Crippen molar-refractivity contribution in [1.82, 2.24) is 4.98 Å². The standard InChI is InChI=1S/C21H27N3O2S/c1-2-26-19(25)11-10-16-13-27-21(23-16)18-12-14-6-5-9-17(20(14)24-18)22-15-7-3-4-8-15/h5-6,9,12,15-16,22,24H,2-4,7-8,10-11,13H2,1H3. The van der Waals surface area contributed by atoms with Crippen LogP contribution < -0.4 is 5.32 Å². The van der Waals surface area contributed by atoms with Crippen LogP contribution in [-0.4, -0.2) is 40.4 Å². The van der Waals surface area contributed by atoms with Crippen molar-refractivity contribution in [3.63, 3.8) is 0 Å². The number of fused-ring (bicyclic) bond motifs is 1. The molecule has 0 bridgehead atoms. The third kappa shape index (κ3) is 4.32. The number of aromatic nitrogens is 1. The number of nitrogens with one attached hydrogen (secondary N) is 2. The van der Waals surface area contributed by atoms with Crippen LogP contribution in [0.5, 0.6) is 0 Å². The van der Waals surface area contributed by atoms with Gasteiger partial charge in [-0.05, 0) is 38.3 Å². The van der Waals surface area contributed by atoms with E-state index >= 15 is 0 Å². The summed E-state index contributed by atoms with van der Waals surface area (Å²) >= 11 is 1.77. The van der Waals surface area contributed by atoms with Crippen molar-refractivity contribution >= 4 is 39.4 Å². The summed E-state index contributed by atoms with van der Waals surface area (Å²) in [5.74, 6) is 0.802. The number of hydrogen-bond acceptors (Lipinski definition) is 5. The summed E-state index contributed by atoms with van der Waals surface area (Å²) in [6.45, 7) is 2.28. The van der Waals surface area contributed by atoms with Gasteiger partial charge in [0.2, 0.25) is 0 Å². The molecule has 4 rings (SSSR count). The van der Waals surface area contributed by atoms with Gasteiger partial charge in [0.05, 0.1) is 29.5 Å². The molecule has 6 heteroatoms. The van der Waals surface area contributed by atoms with E-state index in [1.807, 2.05) is 6.92 Å². The van der Waals surface area contributed by atoms with Crippen molar-refractivity contribution in [3.05, 3.63) is 30.0 Å². The number of anilines is 1. The van der Waals surface area contributed by atoms with Gasteiger partial charge in [0.25, 0.3) is 0 Å². The molecule has 1 saturated carbocycles. The number of esters is 1. The maximum absolute atomic E-state index is 11.6. The highest BCUT2D eigenvalue weighted by atomic mass is 32.2. The molecule has 1 aromatic carbocycles. The zero-order valence-electron chi connectivity index (χ0n) is 15.8. The van der Waals surface area contributed by atoms with E-state index in [-0.39, 0.29) is 12.0 Å². The van der Waals surface area contributed by atoms with Crippen molar-refractivity contribution < 1.29 is 9.53 Å². The number of nitrogens with zero attached hydrogens (tertiary/aromatic N) is 1. The van der Waals surface area contributed by atoms with E-state index in [1.165, 1.54) is 36.8 Å². The van der Waals surface area contributed by atoms with Gasteiger partial charge in [0.1, 0.15) is 5.04 Å². The fraction of sp³-hybridized carbons (Fsp3) is 0.524. The molecule has 5 nitrogen and oxygen atoms in total. The van der Waals surface area contributed by atoms with E-state index in [0.717, 1.165) is 28.4 Å². The van der Waals surface area contributed by atoms with Crippen LogP contribution >= 0.6 is 11.8 Å². The van der Waals surface area contributed by atoms with Crippen LogP contribution in [0.2, 0.25) is 0 Å². The summed E-state index contributed by atoms with van der Waals surface area (Å²) in [6.07, 6.45) is 6.36. The minimum atomic E-state index is -0.126. The molecule has 2 aromatic rings. The minimum Gasteiger partial charge on any atom is -0.466 e. The lowest BCUT2D eigenvalue weighted by Crippen LogP contribution is -2.14. The second-order valence-electron chi connectivity index (χ2n) is 7.32. The molecule has 1 aromatic heterocycles. The Hall–Kier alpha value is -1.95. The molecule has 0 spiro atoms. The quantitative estimate of drug-likeness (QED) is 0.676. The molecule has 1 unspecified atom stereocenters. The van der Waals surface area contributed by atoms with Crippen LogP contribution in [0, 0.1) is 0 Å². The van der Waals surface area contributed by atoms with Gasteiger partial charge in [-0.15, -0.1) is 11.8 Å². The predicted octanol–water partition coefficient (Wildman–Crippen LogP) is 4.73. The van der Waals surface area contributed by atoms with Gasteiger partial charge in [0, 0.05) is 23.6 Å². The lowest BCUT2D eigenvalue weighted by atomic mass is 10.2. The predicted molar refractivity (Wildman–Crippen MR) is 113 cm³/mol. The number of aliphatic imine (C=N–C) groups is 1. The number of carbonyl (C=O) groups excluding carboxylic acids is 1. The summed E-state index contributed by atoms with van der Waals surface area (Å²) in [5.41, 5.74) is 3.43. The largest absolute Gasteiger partial charge is 0.466 e. The van der Waals surface area contributed by atoms with Crippen molar-refractivity contribution in [2.75, 3.05) is 17.7 Å². The maximum Gasteiger partial charge on any atom is 0.305 e. The number of H-pyrrole nitrogens is 1. The number of para-hydroxylation sites is 1. The fourth-order valence-electron chi connectivity index (χ4n) is 3.91. The number of ether oxygens (including phenoxy) is 1. The van der Waals surface area contributed by atoms with E-state index in [1.54, 1.807) is 11.8 Å². The Kier molecular flexibility index (Phi) is 5.72. The Bertz CT molecular complexity index is 839. The van der Waals surface area contributed by atoms with Crippen LogP contribution in [-0.2, 0) is 9.53 Å². The number of rotatable bonds is 7. The summed E-state index contributed by atoms with van der Waals surface area (Å²) < 4.78 is 5.01. The van der Waals surface area contributed by atoms with E-state index in [2.05, 4.69) is 34.6 Å². The fourth-order valence-corrected chi connectivity index (χ4v) is 4.99. The average Bonchev–Trinajstić information content (AvgIpc) is 3.40. The first kappa shape index (κ1) is 18.4. The van der Waals surface area contributed by atoms with Crippen molar-refractivity contribution in [2.24, 2.45) is 4.99 Å². The highest BCUT2D eigenvalue weighted by Gasteiger charge is 2.22. The first-order valence-electron chi connectivity index (χ1n) is 9.98. The van der Waals surface area contributed by atoms with Crippen LogP contribution in [0.3, 0.4) is 0 Å². The molecule has 2 heterocycles. The topological polar surface area (TPSA) is 66.5 Å². The number of aromatic amines is 1. The van der Waals surface area contributed by atoms with Gasteiger partial charge in [-0.3, -0.25) is 9.79 Å². The van der Waals surface area contributed by atoms with Gasteiger partial charge in [0.15, 0.2) is 0 Å². The zero-order valence-corrected chi connectivity index (χ0v) is 16.6. The molecular formula is C21H27N3O2S. The van der Waals surface area contributed by atoms with Gasteiger partial charge in [-0.25, -0.2) is 0 Å². The zero-order chi connectivity index (χ0) is 18.6. The van der Waals surface area contributed by atoms with Crippen molar-refractivity contribution in [2.45, 2.75) is 57.5 Å². The Morgan fingerprint density at radius 3 is 3.04 bits per heavy atom. The summed E-state index contributed by atoms with van der Waals surface area (Å²) in [4.78, 5) is 20.0. The van der Waals surface area contributed by atoms with Crippen LogP contribution in [0.15, 0.2) is 29.3 Å². The molecule has 2 N–H and O–H groups in total. The van der Waals surface area contributed by atoms with Crippen molar-refractivity contribution in [3.8, 4) is 0 Å². The molecular weight excluding hydrogens is 358 g/mol. The molecule has 1 aliphatic carbocycles. The molecule has 1 aliphatic heterocycles. The average molecular weight is 386 g/mol. The summed E-state index contributed by atoms with van der Waals surface area (Å²) in [5, 5.41) is 5.97. The van der Waals surface area contributed by atoms with Crippen LogP contribution in [0.1, 0.15) is 51.1 Å². The SMILES string of the molecule is CCOC(=O)CCC1CSC(c2cc3cccc(NC4CCCC4)c3[nH]2)=N1. The molecule has 27 heavy (non-hydrogen) atoms. The van der Waals surface area contributed by atoms with E-state index in [0.29, 0.717) is 19.1 Å². The normalized spacial score (nSPS) is 20.2. The molecule has 0 amide bonds. The second kappa shape index (κ2) is 8.38. The Balaban J connectivity index is 1.47. The van der Waals surface area contributed by atoms with Crippen LogP contribution in [0.4, 0.5) is 5.69 Å². The highest BCUT2D eigenvalue weighted by Crippen LogP contribution is 2.31. The minimum absolute atomic E-state index is 0.126. The van der Waals surface area contributed by atoms with Crippen molar-refractivity contribution in [1.29, 1.82) is 0 Å². The van der Waals surface area contributed by atoms with Crippen LogP contribution in [0.25, 0.3) is 10.9 Å². The monoisotopic (exact) mass is 385 g/mol. The smallest absolute Gasteiger partial charge is 0.305 e. The van der Waals surface area contributed by atoms with E-state index in [4.69, 9.17) is 9.73 Å². The second-order valence-corrected chi connectivity index (χ2v) is 8.33. The molecule has 0 radical (unpaired) electrons. The van der Waals surface area contributed by atoms with Gasteiger partial charge in [-0.2, -0.15) is 0 Å². The third-order valence-corrected chi connectivity index (χ3v) is 6.45. The molecule has 0 saturated heterocycles. The number of benzene rings is 1. The first-order chi connectivity index (χ1) is 13.2. The highest BCUT2D eigenvalue weighted by molar-refractivity contribution is 8.14. The van der Waals surface area contributed by atoms with E-state index < -0.39 is 0 Å². The van der Waals surface area contributed by atoms with Gasteiger partial charge >= 0.3 is 5.97 Å². The Morgan fingerprint density at radius 2 is 2.22 bits per heavy atom. The number of thioether (sulfide) groups is 1. The first-order valence-corrected chi connectivity index (χ1v) is 11.0. The molecule has 1 fully saturated rings. The lowest BCUT2D eigenvalue weighted by molar-refractivity contribution is -0.143. The third-order valence-electron chi connectivity index (χ3n) is 5.30. The number of hydrogen-bond donors (Lipinski definition) is 2. The number of carbonyl (C=O) groups is 1. The lowest BCUT2D eigenvalue weighted by Gasteiger charge is -2.14. The Labute approximate surface area is 164 Å². The Morgan fingerprint density at radius 1 is 1.37 bits per heavy atom. The summed E-state index contributed by atoms with van der Waals surface area (Å²) in [6, 6.07) is 9.39. The molecule has 1 atom stereocenters. The summed E-state index contributed by atoms with van der Waals surface area (Å²) in [7, 11) is 0. The maximum atomic E-state index is 11.6. The molecule has 2 aliphatic rings. The van der Waals surface area contributed by atoms with Gasteiger partial charge in [-0.1, -0.05) is 25.0 Å². The molecule has 144 valence electrons.